The highest BCUT2D eigenvalue weighted by molar-refractivity contribution is 14.0. The van der Waals surface area contributed by atoms with Crippen LogP contribution in [0.25, 0.3) is 0 Å². The number of nitrogens with zero attached hydrogens (tertiary/aromatic N) is 5. The molecule has 0 aliphatic rings. The Balaban J connectivity index is 0.00000312. The minimum absolute atomic E-state index is 0. The summed E-state index contributed by atoms with van der Waals surface area (Å²) in [7, 11) is 1.96. The predicted molar refractivity (Wildman–Crippen MR) is 109 cm³/mol. The molecule has 0 saturated carbocycles. The van der Waals surface area contributed by atoms with Gasteiger partial charge in [0.15, 0.2) is 5.96 Å². The van der Waals surface area contributed by atoms with Crippen molar-refractivity contribution in [1.82, 2.24) is 25.0 Å². The molecule has 0 spiro atoms. The van der Waals surface area contributed by atoms with E-state index < -0.39 is 0 Å². The van der Waals surface area contributed by atoms with Crippen molar-refractivity contribution in [3.8, 4) is 0 Å². The number of halogens is 2. The molecule has 25 heavy (non-hydrogen) atoms. The summed E-state index contributed by atoms with van der Waals surface area (Å²) in [6, 6.07) is 6.66. The van der Waals surface area contributed by atoms with Gasteiger partial charge in [-0.25, -0.2) is 4.39 Å². The third kappa shape index (κ3) is 7.80. The first-order valence-corrected chi connectivity index (χ1v) is 8.25. The second-order valence-corrected chi connectivity index (χ2v) is 5.63. The van der Waals surface area contributed by atoms with Gasteiger partial charge < -0.3 is 14.8 Å². The Labute approximate surface area is 165 Å². The Hall–Kier alpha value is -1.71. The summed E-state index contributed by atoms with van der Waals surface area (Å²) in [5.74, 6) is 0.628. The van der Waals surface area contributed by atoms with E-state index in [2.05, 4.69) is 20.5 Å². The molecule has 2 rings (SSSR count). The molecule has 1 heterocycles. The van der Waals surface area contributed by atoms with Gasteiger partial charge in [0, 0.05) is 33.2 Å². The van der Waals surface area contributed by atoms with Crippen molar-refractivity contribution in [2.45, 2.75) is 32.9 Å². The van der Waals surface area contributed by atoms with Crippen molar-refractivity contribution in [3.05, 3.63) is 48.3 Å². The highest BCUT2D eigenvalue weighted by Gasteiger charge is 2.06. The van der Waals surface area contributed by atoms with Crippen LogP contribution in [0.2, 0.25) is 0 Å². The van der Waals surface area contributed by atoms with Gasteiger partial charge in [0.1, 0.15) is 18.5 Å². The second-order valence-electron chi connectivity index (χ2n) is 5.63. The first-order valence-electron chi connectivity index (χ1n) is 8.25. The fourth-order valence-electron chi connectivity index (χ4n) is 2.38. The Bertz CT molecular complexity index is 632. The highest BCUT2D eigenvalue weighted by atomic mass is 127. The van der Waals surface area contributed by atoms with Crippen LogP contribution >= 0.6 is 24.0 Å². The molecular weight excluding hydrogens is 434 g/mol. The van der Waals surface area contributed by atoms with Crippen LogP contribution in [0, 0.1) is 5.82 Å². The van der Waals surface area contributed by atoms with Gasteiger partial charge in [-0.3, -0.25) is 4.99 Å². The van der Waals surface area contributed by atoms with Crippen LogP contribution in [-0.2, 0) is 13.1 Å². The largest absolute Gasteiger partial charge is 0.357 e. The van der Waals surface area contributed by atoms with Gasteiger partial charge >= 0.3 is 0 Å². The molecule has 6 nitrogen and oxygen atoms in total. The minimum atomic E-state index is -0.211. The summed E-state index contributed by atoms with van der Waals surface area (Å²) in [6.07, 6.45) is 5.45. The lowest BCUT2D eigenvalue weighted by molar-refractivity contribution is 0.473. The molecule has 0 aliphatic heterocycles. The Kier molecular flexibility index (Phi) is 10.0. The van der Waals surface area contributed by atoms with Crippen LogP contribution in [0.5, 0.6) is 0 Å². The molecule has 1 N–H and O–H groups in total. The quantitative estimate of drug-likeness (QED) is 0.285. The zero-order chi connectivity index (χ0) is 17.2. The normalized spacial score (nSPS) is 11.1. The van der Waals surface area contributed by atoms with E-state index in [-0.39, 0.29) is 29.8 Å². The molecule has 0 atom stereocenters. The number of guanidine groups is 1. The number of nitrogens with one attached hydrogen (secondary N) is 1. The Morgan fingerprint density at radius 1 is 1.28 bits per heavy atom. The monoisotopic (exact) mass is 460 g/mol. The van der Waals surface area contributed by atoms with Crippen molar-refractivity contribution < 1.29 is 4.39 Å². The number of hydrogen-bond donors (Lipinski definition) is 1. The lowest BCUT2D eigenvalue weighted by Crippen LogP contribution is -2.38. The van der Waals surface area contributed by atoms with Crippen LogP contribution in [-0.4, -0.2) is 45.8 Å². The number of hydrogen-bond acceptors (Lipinski definition) is 3. The van der Waals surface area contributed by atoms with Crippen molar-refractivity contribution in [1.29, 1.82) is 0 Å². The highest BCUT2D eigenvalue weighted by Crippen LogP contribution is 2.06. The number of unbranched alkanes of at least 4 members (excludes halogenated alkanes) is 1. The molecule has 1 aromatic carbocycles. The lowest BCUT2D eigenvalue weighted by Gasteiger charge is -2.22. The fraction of sp³-hybridized carbons (Fsp3) is 0.471. The summed E-state index contributed by atoms with van der Waals surface area (Å²) >= 11 is 0. The summed E-state index contributed by atoms with van der Waals surface area (Å²) in [5.41, 5.74) is 0.927. The SMILES string of the molecule is CCNC(=NCCCCn1cnnc1)N(C)Cc1cccc(F)c1.I. The molecule has 0 aliphatic carbocycles. The number of aryl methyl sites for hydroxylation is 1. The number of rotatable bonds is 8. The van der Waals surface area contributed by atoms with Gasteiger partial charge in [-0.1, -0.05) is 12.1 Å². The van der Waals surface area contributed by atoms with E-state index in [4.69, 9.17) is 0 Å². The molecule has 0 bridgehead atoms. The average Bonchev–Trinajstić information content (AvgIpc) is 3.07. The first-order chi connectivity index (χ1) is 11.7. The Morgan fingerprint density at radius 2 is 2.04 bits per heavy atom. The zero-order valence-corrected chi connectivity index (χ0v) is 17.1. The molecule has 0 radical (unpaired) electrons. The van der Waals surface area contributed by atoms with Gasteiger partial charge in [-0.05, 0) is 37.5 Å². The van der Waals surface area contributed by atoms with Crippen molar-refractivity contribution in [2.24, 2.45) is 4.99 Å². The van der Waals surface area contributed by atoms with Crippen LogP contribution in [0.3, 0.4) is 0 Å². The van der Waals surface area contributed by atoms with E-state index in [0.29, 0.717) is 6.54 Å². The van der Waals surface area contributed by atoms with Crippen LogP contribution in [0.4, 0.5) is 4.39 Å². The maximum Gasteiger partial charge on any atom is 0.193 e. The molecule has 1 aromatic heterocycles. The van der Waals surface area contributed by atoms with Crippen molar-refractivity contribution >= 4 is 29.9 Å². The fourth-order valence-corrected chi connectivity index (χ4v) is 2.38. The van der Waals surface area contributed by atoms with Crippen molar-refractivity contribution in [2.75, 3.05) is 20.1 Å². The van der Waals surface area contributed by atoms with E-state index in [1.165, 1.54) is 6.07 Å². The maximum atomic E-state index is 13.3. The van der Waals surface area contributed by atoms with Gasteiger partial charge in [0.05, 0.1) is 0 Å². The molecule has 0 saturated heterocycles. The summed E-state index contributed by atoms with van der Waals surface area (Å²) in [4.78, 5) is 6.66. The lowest BCUT2D eigenvalue weighted by atomic mass is 10.2. The minimum Gasteiger partial charge on any atom is -0.357 e. The van der Waals surface area contributed by atoms with Crippen LogP contribution in [0.1, 0.15) is 25.3 Å². The van der Waals surface area contributed by atoms with E-state index >= 15 is 0 Å². The third-order valence-corrected chi connectivity index (χ3v) is 3.56. The average molecular weight is 460 g/mol. The molecule has 0 fully saturated rings. The summed E-state index contributed by atoms with van der Waals surface area (Å²) in [6.45, 7) is 5.10. The number of aliphatic imine (C=N–C) groups is 1. The van der Waals surface area contributed by atoms with E-state index in [1.807, 2.05) is 29.5 Å². The third-order valence-electron chi connectivity index (χ3n) is 3.56. The Morgan fingerprint density at radius 3 is 2.72 bits per heavy atom. The van der Waals surface area contributed by atoms with Gasteiger partial charge in [-0.15, -0.1) is 34.2 Å². The number of benzene rings is 1. The van der Waals surface area contributed by atoms with Crippen LogP contribution in [0.15, 0.2) is 41.9 Å². The van der Waals surface area contributed by atoms with Gasteiger partial charge in [0.2, 0.25) is 0 Å². The molecule has 0 unspecified atom stereocenters. The molecule has 0 amide bonds. The number of aromatic nitrogens is 3. The van der Waals surface area contributed by atoms with E-state index in [9.17, 15) is 4.39 Å². The standard InChI is InChI=1S/C17H25FN6.HI/c1-3-19-17(20-9-4-5-10-24-13-21-22-14-24)23(2)12-15-7-6-8-16(18)11-15;/h6-8,11,13-14H,3-5,9-10,12H2,1-2H3,(H,19,20);1H. The van der Waals surface area contributed by atoms with E-state index in [1.54, 1.807) is 24.8 Å². The first kappa shape index (κ1) is 21.3. The van der Waals surface area contributed by atoms with Gasteiger partial charge in [0.25, 0.3) is 0 Å². The van der Waals surface area contributed by atoms with Crippen LogP contribution < -0.4 is 5.32 Å². The summed E-state index contributed by atoms with van der Waals surface area (Å²) in [5, 5.41) is 10.8. The topological polar surface area (TPSA) is 58.3 Å². The zero-order valence-electron chi connectivity index (χ0n) is 14.7. The van der Waals surface area contributed by atoms with Gasteiger partial charge in [-0.2, -0.15) is 0 Å². The second kappa shape index (κ2) is 11.8. The maximum absolute atomic E-state index is 13.3. The molecular formula is C17H26FIN6. The molecule has 8 heteroatoms. The molecule has 138 valence electrons. The predicted octanol–water partition coefficient (Wildman–Crippen LogP) is 2.91. The van der Waals surface area contributed by atoms with E-state index in [0.717, 1.165) is 44.0 Å². The smallest absolute Gasteiger partial charge is 0.193 e. The van der Waals surface area contributed by atoms with Crippen molar-refractivity contribution in [3.63, 3.8) is 0 Å². The summed E-state index contributed by atoms with van der Waals surface area (Å²) < 4.78 is 15.3. The molecule has 2 aromatic rings.